The van der Waals surface area contributed by atoms with Crippen LogP contribution in [0.3, 0.4) is 0 Å². The van der Waals surface area contributed by atoms with E-state index >= 15 is 0 Å². The van der Waals surface area contributed by atoms with E-state index in [1.54, 1.807) is 6.92 Å². The molecule has 8 heteroatoms. The van der Waals surface area contributed by atoms with E-state index in [0.29, 0.717) is 16.9 Å². The van der Waals surface area contributed by atoms with Gasteiger partial charge < -0.3 is 4.98 Å². The highest BCUT2D eigenvalue weighted by Gasteiger charge is 2.22. The lowest BCUT2D eigenvalue weighted by molar-refractivity contribution is -0.385. The summed E-state index contributed by atoms with van der Waals surface area (Å²) < 4.78 is 0. The molecule has 0 saturated carbocycles. The molecule has 1 aromatic heterocycles. The second-order valence-corrected chi connectivity index (χ2v) is 5.58. The van der Waals surface area contributed by atoms with E-state index in [9.17, 15) is 14.9 Å². The highest BCUT2D eigenvalue weighted by molar-refractivity contribution is 6.02. The first-order chi connectivity index (χ1) is 11.9. The molecule has 0 radical (unpaired) electrons. The van der Waals surface area contributed by atoms with Gasteiger partial charge in [-0.2, -0.15) is 5.10 Å². The smallest absolute Gasteiger partial charge is 0.284 e. The Morgan fingerprint density at radius 1 is 1.28 bits per heavy atom. The fourth-order valence-electron chi connectivity index (χ4n) is 2.38. The Labute approximate surface area is 142 Å². The number of carbonyl (C=O) groups excluding carboxylic acids is 1. The average Bonchev–Trinajstić information content (AvgIpc) is 2.94. The van der Waals surface area contributed by atoms with Crippen molar-refractivity contribution in [3.05, 3.63) is 69.0 Å². The van der Waals surface area contributed by atoms with Crippen molar-refractivity contribution in [2.45, 2.75) is 13.8 Å². The van der Waals surface area contributed by atoms with Crippen molar-refractivity contribution < 1.29 is 9.72 Å². The van der Waals surface area contributed by atoms with Gasteiger partial charge in [-0.05, 0) is 25.5 Å². The Kier molecular flexibility index (Phi) is 4.25. The van der Waals surface area contributed by atoms with E-state index in [1.807, 2.05) is 31.2 Å². The Balaban J connectivity index is 1.86. The zero-order chi connectivity index (χ0) is 18.0. The predicted octanol–water partition coefficient (Wildman–Crippen LogP) is 2.85. The van der Waals surface area contributed by atoms with Crippen LogP contribution in [-0.2, 0) is 0 Å². The summed E-state index contributed by atoms with van der Waals surface area (Å²) in [6.07, 6.45) is 1.47. The van der Waals surface area contributed by atoms with Gasteiger partial charge in [0, 0.05) is 6.07 Å². The van der Waals surface area contributed by atoms with E-state index in [0.717, 1.165) is 11.1 Å². The van der Waals surface area contributed by atoms with Gasteiger partial charge >= 0.3 is 0 Å². The molecule has 0 spiro atoms. The first-order valence-corrected chi connectivity index (χ1v) is 7.49. The molecule has 0 aliphatic rings. The Morgan fingerprint density at radius 3 is 2.68 bits per heavy atom. The number of benzene rings is 2. The fraction of sp³-hybridized carbons (Fsp3) is 0.118. The summed E-state index contributed by atoms with van der Waals surface area (Å²) in [4.78, 5) is 30.1. The number of rotatable bonds is 4. The number of aromatic nitrogens is 2. The summed E-state index contributed by atoms with van der Waals surface area (Å²) in [6.45, 7) is 3.70. The van der Waals surface area contributed by atoms with Gasteiger partial charge in [0.05, 0.1) is 22.2 Å². The highest BCUT2D eigenvalue weighted by atomic mass is 16.6. The van der Waals surface area contributed by atoms with Gasteiger partial charge in [-0.15, -0.1) is 0 Å². The zero-order valence-corrected chi connectivity index (χ0v) is 13.6. The number of amides is 1. The van der Waals surface area contributed by atoms with Crippen molar-refractivity contribution in [1.29, 1.82) is 0 Å². The zero-order valence-electron chi connectivity index (χ0n) is 13.6. The van der Waals surface area contributed by atoms with Gasteiger partial charge in [0.2, 0.25) is 0 Å². The average molecular weight is 337 g/mol. The first kappa shape index (κ1) is 16.3. The van der Waals surface area contributed by atoms with Gasteiger partial charge in [0.25, 0.3) is 11.6 Å². The number of fused-ring (bicyclic) bond motifs is 1. The van der Waals surface area contributed by atoms with Crippen LogP contribution >= 0.6 is 0 Å². The molecule has 0 saturated heterocycles. The van der Waals surface area contributed by atoms with Crippen LogP contribution in [0.2, 0.25) is 0 Å². The number of nitro groups is 1. The number of nitrogens with zero attached hydrogens (tertiary/aromatic N) is 3. The number of aromatic amines is 1. The molecular formula is C17H15N5O3. The number of hydrazone groups is 1. The minimum atomic E-state index is -0.669. The van der Waals surface area contributed by atoms with Crippen LogP contribution in [0, 0.1) is 24.0 Å². The number of H-pyrrole nitrogens is 1. The number of nitrogens with one attached hydrogen (secondary N) is 2. The van der Waals surface area contributed by atoms with Crippen LogP contribution in [0.4, 0.5) is 5.69 Å². The lowest BCUT2D eigenvalue weighted by Crippen LogP contribution is -2.19. The third-order valence-corrected chi connectivity index (χ3v) is 3.62. The topological polar surface area (TPSA) is 113 Å². The third kappa shape index (κ3) is 3.52. The fourth-order valence-corrected chi connectivity index (χ4v) is 2.38. The Morgan fingerprint density at radius 2 is 2.00 bits per heavy atom. The molecule has 0 aliphatic heterocycles. The summed E-state index contributed by atoms with van der Waals surface area (Å²) in [7, 11) is 0. The molecule has 3 aromatic rings. The van der Waals surface area contributed by atoms with Gasteiger partial charge in [-0.3, -0.25) is 14.9 Å². The Bertz CT molecular complexity index is 989. The molecule has 2 N–H and O–H groups in total. The molecule has 0 aliphatic carbocycles. The molecule has 0 unspecified atom stereocenters. The number of carbonyl (C=O) groups is 1. The van der Waals surface area contributed by atoms with E-state index < -0.39 is 10.8 Å². The van der Waals surface area contributed by atoms with E-state index in [2.05, 4.69) is 20.5 Å². The molecule has 1 amide bonds. The van der Waals surface area contributed by atoms with Crippen LogP contribution in [0.15, 0.2) is 41.5 Å². The molecule has 8 nitrogen and oxygen atoms in total. The molecule has 1 heterocycles. The number of hydrogen-bond donors (Lipinski definition) is 2. The van der Waals surface area contributed by atoms with Crippen LogP contribution in [-0.4, -0.2) is 27.0 Å². The molecular weight excluding hydrogens is 322 g/mol. The summed E-state index contributed by atoms with van der Waals surface area (Å²) in [5.74, 6) is -0.0585. The summed E-state index contributed by atoms with van der Waals surface area (Å²) in [5, 5.41) is 15.1. The van der Waals surface area contributed by atoms with E-state index in [1.165, 1.54) is 18.3 Å². The Hall–Kier alpha value is -3.55. The van der Waals surface area contributed by atoms with Crippen LogP contribution in [0.5, 0.6) is 0 Å². The largest absolute Gasteiger partial charge is 0.342 e. The van der Waals surface area contributed by atoms with Crippen molar-refractivity contribution in [1.82, 2.24) is 15.4 Å². The number of imidazole rings is 1. The maximum atomic E-state index is 12.3. The first-order valence-electron chi connectivity index (χ1n) is 7.49. The van der Waals surface area contributed by atoms with Crippen molar-refractivity contribution in [2.24, 2.45) is 5.10 Å². The SMILES string of the molecule is Cc1ccc(/C=N\NC(=O)c2cc3nc(C)[nH]c3cc2[N+](=O)[O-])cc1. The minimum absolute atomic E-state index is 0.0925. The van der Waals surface area contributed by atoms with Crippen LogP contribution in [0.25, 0.3) is 11.0 Å². The molecule has 0 atom stereocenters. The van der Waals surface area contributed by atoms with Gasteiger partial charge in [-0.1, -0.05) is 29.8 Å². The number of hydrogen-bond acceptors (Lipinski definition) is 5. The number of nitro benzene ring substituents is 1. The molecule has 25 heavy (non-hydrogen) atoms. The molecule has 2 aromatic carbocycles. The second kappa shape index (κ2) is 6.52. The maximum Gasteiger partial charge on any atom is 0.284 e. The molecule has 3 rings (SSSR count). The van der Waals surface area contributed by atoms with Crippen LogP contribution in [0.1, 0.15) is 27.3 Å². The summed E-state index contributed by atoms with van der Waals surface area (Å²) >= 11 is 0. The van der Waals surface area contributed by atoms with Gasteiger partial charge in [0.15, 0.2) is 0 Å². The van der Waals surface area contributed by atoms with E-state index in [-0.39, 0.29) is 11.3 Å². The highest BCUT2D eigenvalue weighted by Crippen LogP contribution is 2.24. The monoisotopic (exact) mass is 337 g/mol. The lowest BCUT2D eigenvalue weighted by atomic mass is 10.1. The van der Waals surface area contributed by atoms with Crippen LogP contribution < -0.4 is 5.43 Å². The summed E-state index contributed by atoms with van der Waals surface area (Å²) in [6, 6.07) is 10.2. The minimum Gasteiger partial charge on any atom is -0.342 e. The van der Waals surface area contributed by atoms with Crippen molar-refractivity contribution in [3.63, 3.8) is 0 Å². The van der Waals surface area contributed by atoms with Crippen molar-refractivity contribution >= 4 is 28.8 Å². The van der Waals surface area contributed by atoms with Crippen molar-refractivity contribution in [2.75, 3.05) is 0 Å². The predicted molar refractivity (Wildman–Crippen MR) is 93.7 cm³/mol. The molecule has 0 bridgehead atoms. The van der Waals surface area contributed by atoms with Gasteiger partial charge in [-0.25, -0.2) is 10.4 Å². The van der Waals surface area contributed by atoms with E-state index in [4.69, 9.17) is 0 Å². The molecule has 126 valence electrons. The number of aryl methyl sites for hydroxylation is 2. The molecule has 0 fully saturated rings. The lowest BCUT2D eigenvalue weighted by Gasteiger charge is -2.02. The summed E-state index contributed by atoms with van der Waals surface area (Å²) in [5.41, 5.74) is 4.82. The normalized spacial score (nSPS) is 11.1. The standard InChI is InChI=1S/C17H15N5O3/c1-10-3-5-12(6-4-10)9-18-21-17(23)13-7-14-15(20-11(2)19-14)8-16(13)22(24)25/h3-9H,1-2H3,(H,19,20)(H,21,23)/b18-9-. The quantitative estimate of drug-likeness (QED) is 0.433. The second-order valence-electron chi connectivity index (χ2n) is 5.58. The van der Waals surface area contributed by atoms with Crippen molar-refractivity contribution in [3.8, 4) is 0 Å². The third-order valence-electron chi connectivity index (χ3n) is 3.62. The maximum absolute atomic E-state index is 12.3. The van der Waals surface area contributed by atoms with Gasteiger partial charge in [0.1, 0.15) is 11.4 Å².